The van der Waals surface area contributed by atoms with Gasteiger partial charge in [0.05, 0.1) is 0 Å². The van der Waals surface area contributed by atoms with Crippen molar-refractivity contribution in [2.24, 2.45) is 5.92 Å². The van der Waals surface area contributed by atoms with Gasteiger partial charge in [0.2, 0.25) is 0 Å². The normalized spacial score (nSPS) is 13.4. The zero-order valence-electron chi connectivity index (χ0n) is 13.8. The van der Waals surface area contributed by atoms with Gasteiger partial charge in [0.15, 0.2) is 0 Å². The lowest BCUT2D eigenvalue weighted by atomic mass is 9.93. The molecule has 0 aliphatic rings. The first-order valence-electron chi connectivity index (χ1n) is 7.70. The van der Waals surface area contributed by atoms with E-state index in [0.717, 1.165) is 12.5 Å². The van der Waals surface area contributed by atoms with E-state index in [1.165, 1.54) is 36.1 Å². The molecule has 1 rings (SSSR count). The highest BCUT2D eigenvalue weighted by molar-refractivity contribution is 7.98. The maximum absolute atomic E-state index is 3.67. The average molecular weight is 294 g/mol. The molecule has 0 spiro atoms. The summed E-state index contributed by atoms with van der Waals surface area (Å²) in [5, 5.41) is 3.67. The highest BCUT2D eigenvalue weighted by atomic mass is 32.2. The van der Waals surface area contributed by atoms with Crippen LogP contribution in [0.4, 0.5) is 0 Å². The lowest BCUT2D eigenvalue weighted by Crippen LogP contribution is -2.39. The second-order valence-electron chi connectivity index (χ2n) is 6.82. The minimum absolute atomic E-state index is 0.213. The van der Waals surface area contributed by atoms with E-state index in [-0.39, 0.29) is 5.54 Å². The van der Waals surface area contributed by atoms with Crippen LogP contribution in [0, 0.1) is 12.8 Å². The molecular formula is C18H31NS. The van der Waals surface area contributed by atoms with Crippen molar-refractivity contribution >= 4 is 11.8 Å². The fourth-order valence-electron chi connectivity index (χ4n) is 2.30. The van der Waals surface area contributed by atoms with Crippen LogP contribution in [0.25, 0.3) is 0 Å². The van der Waals surface area contributed by atoms with E-state index >= 15 is 0 Å². The lowest BCUT2D eigenvalue weighted by Gasteiger charge is -2.25. The van der Waals surface area contributed by atoms with Gasteiger partial charge in [-0.2, -0.15) is 11.8 Å². The number of nitrogens with one attached hydrogen (secondary N) is 1. The Morgan fingerprint density at radius 2 is 1.80 bits per heavy atom. The van der Waals surface area contributed by atoms with Gasteiger partial charge in [0.1, 0.15) is 0 Å². The minimum atomic E-state index is 0.213. The predicted octanol–water partition coefficient (Wildman–Crippen LogP) is 4.69. The van der Waals surface area contributed by atoms with Crippen LogP contribution < -0.4 is 5.32 Å². The van der Waals surface area contributed by atoms with Crippen molar-refractivity contribution in [3.63, 3.8) is 0 Å². The van der Waals surface area contributed by atoms with Crippen LogP contribution in [0.2, 0.25) is 0 Å². The molecule has 1 N–H and O–H groups in total. The molecule has 1 unspecified atom stereocenters. The molecule has 1 nitrogen and oxygen atoms in total. The molecule has 0 aliphatic carbocycles. The summed E-state index contributed by atoms with van der Waals surface area (Å²) in [6.07, 6.45) is 6.03. The SMILES string of the molecule is CSCCCC(CNC(C)(C)C)Cc1ccc(C)cc1. The van der Waals surface area contributed by atoms with Gasteiger partial charge in [-0.3, -0.25) is 0 Å². The minimum Gasteiger partial charge on any atom is -0.312 e. The Bertz CT molecular complexity index is 364. The predicted molar refractivity (Wildman–Crippen MR) is 93.7 cm³/mol. The van der Waals surface area contributed by atoms with Crippen molar-refractivity contribution in [1.29, 1.82) is 0 Å². The number of hydrogen-bond donors (Lipinski definition) is 1. The first-order chi connectivity index (χ1) is 9.40. The molecule has 20 heavy (non-hydrogen) atoms. The molecule has 0 heterocycles. The van der Waals surface area contributed by atoms with Crippen LogP contribution in [0.1, 0.15) is 44.7 Å². The molecule has 0 saturated heterocycles. The van der Waals surface area contributed by atoms with Gasteiger partial charge in [0.25, 0.3) is 0 Å². The topological polar surface area (TPSA) is 12.0 Å². The van der Waals surface area contributed by atoms with Gasteiger partial charge in [-0.05, 0) is 77.0 Å². The Morgan fingerprint density at radius 1 is 1.15 bits per heavy atom. The van der Waals surface area contributed by atoms with Gasteiger partial charge in [-0.15, -0.1) is 0 Å². The van der Waals surface area contributed by atoms with Gasteiger partial charge in [-0.25, -0.2) is 0 Å². The highest BCUT2D eigenvalue weighted by Gasteiger charge is 2.14. The fourth-order valence-corrected chi connectivity index (χ4v) is 2.76. The summed E-state index contributed by atoms with van der Waals surface area (Å²) in [6, 6.07) is 9.03. The quantitative estimate of drug-likeness (QED) is 0.698. The third-order valence-corrected chi connectivity index (χ3v) is 4.22. The largest absolute Gasteiger partial charge is 0.312 e. The molecule has 1 atom stereocenters. The molecule has 0 amide bonds. The molecule has 0 aromatic heterocycles. The van der Waals surface area contributed by atoms with E-state index in [9.17, 15) is 0 Å². The van der Waals surface area contributed by atoms with Crippen molar-refractivity contribution in [2.45, 2.75) is 52.5 Å². The summed E-state index contributed by atoms with van der Waals surface area (Å²) in [5.74, 6) is 2.02. The van der Waals surface area contributed by atoms with E-state index in [1.807, 2.05) is 11.8 Å². The fraction of sp³-hybridized carbons (Fsp3) is 0.667. The Hall–Kier alpha value is -0.470. The van der Waals surface area contributed by atoms with Gasteiger partial charge >= 0.3 is 0 Å². The first-order valence-corrected chi connectivity index (χ1v) is 9.09. The highest BCUT2D eigenvalue weighted by Crippen LogP contribution is 2.17. The summed E-state index contributed by atoms with van der Waals surface area (Å²) < 4.78 is 0. The van der Waals surface area contributed by atoms with Crippen LogP contribution in [0.5, 0.6) is 0 Å². The Balaban J connectivity index is 2.54. The third kappa shape index (κ3) is 7.96. The summed E-state index contributed by atoms with van der Waals surface area (Å²) >= 11 is 1.96. The van der Waals surface area contributed by atoms with Crippen LogP contribution in [0.3, 0.4) is 0 Å². The zero-order chi connectivity index (χ0) is 15.0. The van der Waals surface area contributed by atoms with Crippen molar-refractivity contribution < 1.29 is 0 Å². The Kier molecular flexibility index (Phi) is 7.68. The van der Waals surface area contributed by atoms with E-state index in [1.54, 1.807) is 0 Å². The van der Waals surface area contributed by atoms with Crippen molar-refractivity contribution in [3.05, 3.63) is 35.4 Å². The first kappa shape index (κ1) is 17.6. The monoisotopic (exact) mass is 293 g/mol. The van der Waals surface area contributed by atoms with Crippen LogP contribution in [-0.2, 0) is 6.42 Å². The molecule has 2 heteroatoms. The summed E-state index contributed by atoms with van der Waals surface area (Å²) in [5.41, 5.74) is 3.03. The number of hydrogen-bond acceptors (Lipinski definition) is 2. The molecule has 1 aromatic rings. The second kappa shape index (κ2) is 8.74. The number of benzene rings is 1. The van der Waals surface area contributed by atoms with E-state index < -0.39 is 0 Å². The molecule has 0 aliphatic heterocycles. The van der Waals surface area contributed by atoms with E-state index in [4.69, 9.17) is 0 Å². The maximum Gasteiger partial charge on any atom is 0.00966 e. The van der Waals surface area contributed by atoms with Gasteiger partial charge < -0.3 is 5.32 Å². The van der Waals surface area contributed by atoms with E-state index in [0.29, 0.717) is 0 Å². The Morgan fingerprint density at radius 3 is 2.35 bits per heavy atom. The van der Waals surface area contributed by atoms with Crippen LogP contribution in [-0.4, -0.2) is 24.1 Å². The van der Waals surface area contributed by atoms with Crippen LogP contribution >= 0.6 is 11.8 Å². The van der Waals surface area contributed by atoms with Crippen LogP contribution in [0.15, 0.2) is 24.3 Å². The summed E-state index contributed by atoms with van der Waals surface area (Å²) in [4.78, 5) is 0. The van der Waals surface area contributed by atoms with Crippen molar-refractivity contribution in [1.82, 2.24) is 5.32 Å². The lowest BCUT2D eigenvalue weighted by molar-refractivity contribution is 0.355. The molecule has 0 bridgehead atoms. The summed E-state index contributed by atoms with van der Waals surface area (Å²) in [6.45, 7) is 10.0. The van der Waals surface area contributed by atoms with Crippen molar-refractivity contribution in [3.8, 4) is 0 Å². The number of thioether (sulfide) groups is 1. The molecule has 1 aromatic carbocycles. The zero-order valence-corrected chi connectivity index (χ0v) is 14.6. The molecule has 0 fully saturated rings. The smallest absolute Gasteiger partial charge is 0.00966 e. The molecular weight excluding hydrogens is 262 g/mol. The standard InChI is InChI=1S/C18H31NS/c1-15-8-10-16(11-9-15)13-17(7-6-12-20-5)14-19-18(2,3)4/h8-11,17,19H,6-7,12-14H2,1-5H3. The maximum atomic E-state index is 3.67. The van der Waals surface area contributed by atoms with Gasteiger partial charge in [-0.1, -0.05) is 29.8 Å². The number of rotatable bonds is 8. The molecule has 114 valence electrons. The average Bonchev–Trinajstić information content (AvgIpc) is 2.37. The van der Waals surface area contributed by atoms with Crippen molar-refractivity contribution in [2.75, 3.05) is 18.6 Å². The number of aryl methyl sites for hydroxylation is 1. The Labute approximate surface area is 129 Å². The van der Waals surface area contributed by atoms with E-state index in [2.05, 4.69) is 63.5 Å². The molecule has 0 saturated carbocycles. The molecule has 0 radical (unpaired) electrons. The second-order valence-corrected chi connectivity index (χ2v) is 7.81. The summed E-state index contributed by atoms with van der Waals surface area (Å²) in [7, 11) is 0. The van der Waals surface area contributed by atoms with Gasteiger partial charge in [0, 0.05) is 5.54 Å². The third-order valence-electron chi connectivity index (χ3n) is 3.53.